The van der Waals surface area contributed by atoms with Crippen LogP contribution >= 0.6 is 0 Å². The number of aliphatic hydroxyl groups is 1. The Morgan fingerprint density at radius 3 is 2.75 bits per heavy atom. The molecule has 2 rings (SSSR count). The van der Waals surface area contributed by atoms with Gasteiger partial charge in [-0.3, -0.25) is 4.79 Å². The molecule has 0 spiro atoms. The summed E-state index contributed by atoms with van der Waals surface area (Å²) < 4.78 is 25.9. The number of aliphatic carboxylic acids is 1. The molecule has 6 nitrogen and oxygen atoms in total. The Morgan fingerprint density at radius 2 is 2.15 bits per heavy atom. The molecule has 8 heteroatoms. The number of rotatable bonds is 4. The Labute approximate surface area is 113 Å². The number of aliphatic hydroxyl groups excluding tert-OH is 1. The molecule has 0 unspecified atom stereocenters. The minimum absolute atomic E-state index is 0.00866. The second-order valence-corrected chi connectivity index (χ2v) is 4.64. The fraction of sp³-hybridized carbons (Fsp3) is 0.500. The zero-order valence-electron chi connectivity index (χ0n) is 10.4. The van der Waals surface area contributed by atoms with Crippen LogP contribution in [-0.2, 0) is 11.3 Å². The largest absolute Gasteiger partial charge is 0.480 e. The van der Waals surface area contributed by atoms with Gasteiger partial charge in [-0.1, -0.05) is 0 Å². The Morgan fingerprint density at radius 1 is 1.45 bits per heavy atom. The summed E-state index contributed by atoms with van der Waals surface area (Å²) in [7, 11) is 0. The Hall–Kier alpha value is -1.96. The summed E-state index contributed by atoms with van der Waals surface area (Å²) in [5, 5.41) is 18.5. The number of nitrogens with zero attached hydrogens (tertiary/aromatic N) is 2. The standard InChI is InChI=1S/C12H14F2N2O4/c13-10(14)6-15-3-1-2-8(15)11(18)16-5-7(17)4-9(16)12(19)20/h1-3,7,9-10,17H,4-6H2,(H,19,20)/t7-,9-/m0/s1. The van der Waals surface area contributed by atoms with E-state index in [0.29, 0.717) is 0 Å². The number of aromatic nitrogens is 1. The number of β-amino-alcohol motifs (C(OH)–C–C–N with tert-alkyl or cyclic N) is 1. The maximum Gasteiger partial charge on any atom is 0.326 e. The van der Waals surface area contributed by atoms with Gasteiger partial charge in [-0.25, -0.2) is 13.6 Å². The summed E-state index contributed by atoms with van der Waals surface area (Å²) in [5.74, 6) is -1.89. The van der Waals surface area contributed by atoms with Crippen molar-refractivity contribution in [1.29, 1.82) is 0 Å². The Kier molecular flexibility index (Phi) is 4.03. The van der Waals surface area contributed by atoms with Crippen molar-refractivity contribution in [3.05, 3.63) is 24.0 Å². The molecule has 1 aromatic heterocycles. The van der Waals surface area contributed by atoms with Gasteiger partial charge in [0, 0.05) is 19.2 Å². The molecule has 2 atom stereocenters. The molecule has 1 aromatic rings. The van der Waals surface area contributed by atoms with Gasteiger partial charge in [0.2, 0.25) is 0 Å². The van der Waals surface area contributed by atoms with Gasteiger partial charge in [0.25, 0.3) is 12.3 Å². The highest BCUT2D eigenvalue weighted by atomic mass is 19.3. The lowest BCUT2D eigenvalue weighted by molar-refractivity contribution is -0.141. The number of amides is 1. The van der Waals surface area contributed by atoms with E-state index in [9.17, 15) is 23.5 Å². The van der Waals surface area contributed by atoms with Gasteiger partial charge < -0.3 is 19.7 Å². The van der Waals surface area contributed by atoms with Crippen LogP contribution in [-0.4, -0.2) is 56.7 Å². The monoisotopic (exact) mass is 288 g/mol. The molecule has 0 radical (unpaired) electrons. The molecule has 0 aliphatic carbocycles. The molecule has 20 heavy (non-hydrogen) atoms. The maximum absolute atomic E-state index is 12.4. The third-order valence-electron chi connectivity index (χ3n) is 3.21. The molecule has 1 aliphatic rings. The zero-order chi connectivity index (χ0) is 14.9. The lowest BCUT2D eigenvalue weighted by atomic mass is 10.2. The molecular formula is C12H14F2N2O4. The summed E-state index contributed by atoms with van der Waals surface area (Å²) in [5.41, 5.74) is -0.00866. The maximum atomic E-state index is 12.4. The van der Waals surface area contributed by atoms with Crippen molar-refractivity contribution in [2.45, 2.75) is 31.5 Å². The molecule has 2 heterocycles. The number of carbonyl (C=O) groups is 2. The lowest BCUT2D eigenvalue weighted by Gasteiger charge is -2.21. The van der Waals surface area contributed by atoms with Gasteiger partial charge in [0.15, 0.2) is 0 Å². The highest BCUT2D eigenvalue weighted by Crippen LogP contribution is 2.21. The van der Waals surface area contributed by atoms with Crippen LogP contribution in [0.2, 0.25) is 0 Å². The van der Waals surface area contributed by atoms with E-state index in [4.69, 9.17) is 5.11 Å². The quantitative estimate of drug-likeness (QED) is 0.841. The summed E-state index contributed by atoms with van der Waals surface area (Å²) in [6.45, 7) is -0.752. The number of alkyl halides is 2. The molecule has 1 amide bonds. The molecular weight excluding hydrogens is 274 g/mol. The first-order valence-corrected chi connectivity index (χ1v) is 6.05. The average molecular weight is 288 g/mol. The molecule has 0 bridgehead atoms. The number of carboxylic acids is 1. The van der Waals surface area contributed by atoms with E-state index in [1.807, 2.05) is 0 Å². The predicted octanol–water partition coefficient (Wildman–Crippen LogP) is 0.413. The van der Waals surface area contributed by atoms with Crippen molar-refractivity contribution < 1.29 is 28.6 Å². The van der Waals surface area contributed by atoms with Crippen molar-refractivity contribution in [2.24, 2.45) is 0 Å². The number of likely N-dealkylation sites (tertiary alicyclic amines) is 1. The van der Waals surface area contributed by atoms with E-state index in [0.717, 1.165) is 9.47 Å². The number of hydrogen-bond donors (Lipinski definition) is 2. The Bertz CT molecular complexity index is 517. The predicted molar refractivity (Wildman–Crippen MR) is 63.5 cm³/mol. The number of hydrogen-bond acceptors (Lipinski definition) is 3. The van der Waals surface area contributed by atoms with Crippen molar-refractivity contribution in [3.8, 4) is 0 Å². The third kappa shape index (κ3) is 2.79. The molecule has 2 N–H and O–H groups in total. The van der Waals surface area contributed by atoms with E-state index in [1.165, 1.54) is 18.3 Å². The zero-order valence-corrected chi connectivity index (χ0v) is 10.4. The number of carbonyl (C=O) groups excluding carboxylic acids is 1. The van der Waals surface area contributed by atoms with Crippen molar-refractivity contribution in [3.63, 3.8) is 0 Å². The van der Waals surface area contributed by atoms with E-state index in [1.54, 1.807) is 0 Å². The third-order valence-corrected chi connectivity index (χ3v) is 3.21. The van der Waals surface area contributed by atoms with E-state index in [2.05, 4.69) is 0 Å². The molecule has 1 saturated heterocycles. The lowest BCUT2D eigenvalue weighted by Crippen LogP contribution is -2.41. The van der Waals surface area contributed by atoms with E-state index >= 15 is 0 Å². The van der Waals surface area contributed by atoms with Gasteiger partial charge in [-0.2, -0.15) is 0 Å². The normalized spacial score (nSPS) is 22.5. The minimum atomic E-state index is -2.62. The second kappa shape index (κ2) is 5.58. The van der Waals surface area contributed by atoms with Crippen molar-refractivity contribution in [2.75, 3.05) is 6.54 Å². The Balaban J connectivity index is 2.22. The summed E-state index contributed by atoms with van der Waals surface area (Å²) in [4.78, 5) is 24.3. The van der Waals surface area contributed by atoms with Crippen LogP contribution in [0.5, 0.6) is 0 Å². The van der Waals surface area contributed by atoms with Gasteiger partial charge in [0.1, 0.15) is 11.7 Å². The van der Waals surface area contributed by atoms with Crippen LogP contribution in [0.1, 0.15) is 16.9 Å². The molecule has 1 aliphatic heterocycles. The van der Waals surface area contributed by atoms with Crippen LogP contribution in [0.3, 0.4) is 0 Å². The first kappa shape index (κ1) is 14.4. The van der Waals surface area contributed by atoms with Gasteiger partial charge in [-0.15, -0.1) is 0 Å². The van der Waals surface area contributed by atoms with E-state index < -0.39 is 37.0 Å². The topological polar surface area (TPSA) is 82.8 Å². The van der Waals surface area contributed by atoms with Crippen LogP contribution < -0.4 is 0 Å². The van der Waals surface area contributed by atoms with Crippen LogP contribution in [0.15, 0.2) is 18.3 Å². The van der Waals surface area contributed by atoms with Gasteiger partial charge in [0.05, 0.1) is 12.6 Å². The number of halogens is 2. The van der Waals surface area contributed by atoms with Crippen LogP contribution in [0.4, 0.5) is 8.78 Å². The second-order valence-electron chi connectivity index (χ2n) is 4.64. The highest BCUT2D eigenvalue weighted by molar-refractivity contribution is 5.95. The minimum Gasteiger partial charge on any atom is -0.480 e. The first-order chi connectivity index (χ1) is 9.40. The van der Waals surface area contributed by atoms with Crippen LogP contribution in [0.25, 0.3) is 0 Å². The molecule has 0 saturated carbocycles. The molecule has 1 fully saturated rings. The molecule has 0 aromatic carbocycles. The fourth-order valence-corrected chi connectivity index (χ4v) is 2.34. The first-order valence-electron chi connectivity index (χ1n) is 6.05. The molecule has 110 valence electrons. The SMILES string of the molecule is O=C(O)[C@@H]1C[C@H](O)CN1C(=O)c1cccn1CC(F)F. The van der Waals surface area contributed by atoms with E-state index in [-0.39, 0.29) is 18.7 Å². The van der Waals surface area contributed by atoms with Crippen LogP contribution in [0, 0.1) is 0 Å². The summed E-state index contributed by atoms with van der Waals surface area (Å²) in [6, 6.07) is 1.67. The van der Waals surface area contributed by atoms with Crippen molar-refractivity contribution >= 4 is 11.9 Å². The smallest absolute Gasteiger partial charge is 0.326 e. The van der Waals surface area contributed by atoms with Gasteiger partial charge >= 0.3 is 5.97 Å². The van der Waals surface area contributed by atoms with Crippen molar-refractivity contribution in [1.82, 2.24) is 9.47 Å². The summed E-state index contributed by atoms with van der Waals surface area (Å²) >= 11 is 0. The average Bonchev–Trinajstić information content (AvgIpc) is 2.94. The number of carboxylic acid groups (broad SMARTS) is 1. The highest BCUT2D eigenvalue weighted by Gasteiger charge is 2.39. The fourth-order valence-electron chi connectivity index (χ4n) is 2.34. The summed E-state index contributed by atoms with van der Waals surface area (Å²) in [6.07, 6.45) is -2.26. The van der Waals surface area contributed by atoms with Gasteiger partial charge in [-0.05, 0) is 12.1 Å².